The second-order valence-electron chi connectivity index (χ2n) is 5.38. The van der Waals surface area contributed by atoms with Gasteiger partial charge in [-0.1, -0.05) is 26.2 Å². The van der Waals surface area contributed by atoms with Crippen molar-refractivity contribution in [3.05, 3.63) is 0 Å². The molecule has 0 radical (unpaired) electrons. The summed E-state index contributed by atoms with van der Waals surface area (Å²) in [5.41, 5.74) is 0. The molecule has 0 aromatic carbocycles. The van der Waals surface area contributed by atoms with Gasteiger partial charge in [0.1, 0.15) is 0 Å². The molecule has 0 unspecified atom stereocenters. The fourth-order valence-corrected chi connectivity index (χ4v) is 2.63. The molecule has 0 rings (SSSR count). The summed E-state index contributed by atoms with van der Waals surface area (Å²) >= 11 is 2.82. The fraction of sp³-hybridized carbons (Fsp3) is 1.00. The Bertz CT molecular complexity index is 118. The van der Waals surface area contributed by atoms with Crippen LogP contribution >= 0.6 is 0 Å². The van der Waals surface area contributed by atoms with E-state index >= 15 is 0 Å². The van der Waals surface area contributed by atoms with Gasteiger partial charge in [-0.2, -0.15) is 0 Å². The van der Waals surface area contributed by atoms with Gasteiger partial charge in [0.05, 0.1) is 0 Å². The second-order valence-corrected chi connectivity index (χ2v) is 5.96. The molecule has 0 amide bonds. The van der Waals surface area contributed by atoms with Gasteiger partial charge in [0.25, 0.3) is 0 Å². The zero-order valence-electron chi connectivity index (χ0n) is 12.9. The standard InChI is InChI=1S/C16H33.Al.2ClH/c1-3-5-7-9-11-13-15-16-14-12-10-8-6-4-2;;;/h1,3-16H2,2H3;;2*1H/q;+2;;/p-2. The van der Waals surface area contributed by atoms with Crippen molar-refractivity contribution in [1.29, 1.82) is 0 Å². The minimum atomic E-state index is 0. The summed E-state index contributed by atoms with van der Waals surface area (Å²) in [6, 6.07) is 0. The van der Waals surface area contributed by atoms with Gasteiger partial charge in [-0.15, -0.1) is 0 Å². The van der Waals surface area contributed by atoms with Crippen LogP contribution < -0.4 is 24.8 Å². The molecule has 0 aromatic heterocycles. The molecule has 0 aliphatic rings. The SMILES string of the molecule is CCCCCCCCCCCCCCC[CH2][Al+2].[Cl-].[Cl-]. The monoisotopic (exact) mass is 322 g/mol. The molecule has 0 spiro atoms. The molecule has 0 nitrogen and oxygen atoms in total. The average Bonchev–Trinajstić information content (AvgIpc) is 2.35. The van der Waals surface area contributed by atoms with Crippen molar-refractivity contribution >= 4 is 16.3 Å². The molecule has 0 fully saturated rings. The Labute approximate surface area is 143 Å². The molecule has 0 aromatic rings. The van der Waals surface area contributed by atoms with Gasteiger partial charge < -0.3 is 24.8 Å². The first-order valence-corrected chi connectivity index (χ1v) is 8.93. The molecule has 0 atom stereocenters. The van der Waals surface area contributed by atoms with E-state index in [0.717, 1.165) is 0 Å². The largest absolute Gasteiger partial charge is 1.00 e. The van der Waals surface area contributed by atoms with E-state index in [2.05, 4.69) is 23.2 Å². The van der Waals surface area contributed by atoms with E-state index in [9.17, 15) is 0 Å². The minimum Gasteiger partial charge on any atom is -1.00 e. The predicted octanol–water partition coefficient (Wildman–Crippen LogP) is 0.0625. The van der Waals surface area contributed by atoms with Crippen LogP contribution in [0.25, 0.3) is 0 Å². The summed E-state index contributed by atoms with van der Waals surface area (Å²) in [5, 5.41) is 1.29. The van der Waals surface area contributed by atoms with Crippen LogP contribution in [-0.4, -0.2) is 16.3 Å². The molecular formula is C16H33AlCl2. The van der Waals surface area contributed by atoms with Crippen LogP contribution in [0.15, 0.2) is 0 Å². The Morgan fingerprint density at radius 1 is 0.474 bits per heavy atom. The Balaban J connectivity index is -0.00000128. The first-order chi connectivity index (χ1) is 8.41. The number of unbranched alkanes of at least 4 members (excludes halogenated alkanes) is 13. The Kier molecular flexibility index (Phi) is 31.9. The summed E-state index contributed by atoms with van der Waals surface area (Å²) in [6.45, 7) is 2.29. The molecule has 114 valence electrons. The summed E-state index contributed by atoms with van der Waals surface area (Å²) in [6.07, 6.45) is 20.4. The van der Waals surface area contributed by atoms with Crippen LogP contribution in [0.4, 0.5) is 0 Å². The molecule has 0 heterocycles. The van der Waals surface area contributed by atoms with Crippen LogP contribution in [0.3, 0.4) is 0 Å². The number of halogens is 2. The quantitative estimate of drug-likeness (QED) is 0.313. The molecule has 0 saturated carbocycles. The van der Waals surface area contributed by atoms with E-state index < -0.39 is 0 Å². The first kappa shape index (κ1) is 25.1. The summed E-state index contributed by atoms with van der Waals surface area (Å²) < 4.78 is 0. The van der Waals surface area contributed by atoms with E-state index in [1.807, 2.05) is 0 Å². The van der Waals surface area contributed by atoms with Gasteiger partial charge in [-0.25, -0.2) is 0 Å². The number of hydrogen-bond acceptors (Lipinski definition) is 0. The van der Waals surface area contributed by atoms with Crippen molar-refractivity contribution in [2.24, 2.45) is 0 Å². The van der Waals surface area contributed by atoms with Crippen LogP contribution in [0.1, 0.15) is 96.8 Å². The summed E-state index contributed by atoms with van der Waals surface area (Å²) in [5.74, 6) is 0. The second kappa shape index (κ2) is 24.2. The Morgan fingerprint density at radius 2 is 0.737 bits per heavy atom. The minimum absolute atomic E-state index is 0. The summed E-state index contributed by atoms with van der Waals surface area (Å²) in [4.78, 5) is 0. The maximum absolute atomic E-state index is 2.82. The van der Waals surface area contributed by atoms with E-state index in [1.54, 1.807) is 0 Å². The summed E-state index contributed by atoms with van der Waals surface area (Å²) in [7, 11) is 0. The van der Waals surface area contributed by atoms with Crippen molar-refractivity contribution in [2.75, 3.05) is 0 Å². The van der Waals surface area contributed by atoms with Gasteiger partial charge in [0, 0.05) is 0 Å². The van der Waals surface area contributed by atoms with Crippen LogP contribution in [0.2, 0.25) is 5.28 Å². The van der Waals surface area contributed by atoms with Crippen molar-refractivity contribution in [3.63, 3.8) is 0 Å². The first-order valence-electron chi connectivity index (χ1n) is 8.12. The third-order valence-corrected chi connectivity index (χ3v) is 3.97. The Hall–Kier alpha value is 1.11. The maximum Gasteiger partial charge on any atom is -1.00 e. The molecule has 0 aliphatic heterocycles. The smallest absolute Gasteiger partial charge is 1.00 e. The van der Waals surface area contributed by atoms with Crippen LogP contribution in [0.5, 0.6) is 0 Å². The van der Waals surface area contributed by atoms with Gasteiger partial charge in [-0.3, -0.25) is 0 Å². The fourth-order valence-electron chi connectivity index (χ4n) is 2.34. The molecule has 0 N–H and O–H groups in total. The van der Waals surface area contributed by atoms with Gasteiger partial charge in [-0.05, 0) is 0 Å². The molecule has 3 heteroatoms. The zero-order valence-corrected chi connectivity index (χ0v) is 15.6. The van der Waals surface area contributed by atoms with Crippen LogP contribution in [0, 0.1) is 0 Å². The average molecular weight is 323 g/mol. The van der Waals surface area contributed by atoms with E-state index in [-0.39, 0.29) is 24.8 Å². The third-order valence-electron chi connectivity index (χ3n) is 3.56. The molecular weight excluding hydrogens is 290 g/mol. The van der Waals surface area contributed by atoms with Gasteiger partial charge in [0.2, 0.25) is 0 Å². The normalized spacial score (nSPS) is 9.84. The third kappa shape index (κ3) is 24.5. The van der Waals surface area contributed by atoms with Crippen molar-refractivity contribution < 1.29 is 24.8 Å². The molecule has 19 heavy (non-hydrogen) atoms. The predicted molar refractivity (Wildman–Crippen MR) is 80.9 cm³/mol. The maximum atomic E-state index is 2.82. The molecule has 0 saturated heterocycles. The Morgan fingerprint density at radius 3 is 1.00 bits per heavy atom. The van der Waals surface area contributed by atoms with Crippen molar-refractivity contribution in [2.45, 2.75) is 102 Å². The number of hydrogen-bond donors (Lipinski definition) is 0. The topological polar surface area (TPSA) is 0 Å². The van der Waals surface area contributed by atoms with E-state index in [0.29, 0.717) is 0 Å². The van der Waals surface area contributed by atoms with E-state index in [1.165, 1.54) is 95.2 Å². The van der Waals surface area contributed by atoms with Gasteiger partial charge in [0.15, 0.2) is 0 Å². The molecule has 0 bridgehead atoms. The van der Waals surface area contributed by atoms with Crippen molar-refractivity contribution in [1.82, 2.24) is 0 Å². The zero-order chi connectivity index (χ0) is 12.6. The van der Waals surface area contributed by atoms with Crippen LogP contribution in [-0.2, 0) is 0 Å². The van der Waals surface area contributed by atoms with Gasteiger partial charge >= 0.3 is 92.2 Å². The van der Waals surface area contributed by atoms with E-state index in [4.69, 9.17) is 0 Å². The number of rotatable bonds is 14. The molecule has 0 aliphatic carbocycles. The van der Waals surface area contributed by atoms with Crippen molar-refractivity contribution in [3.8, 4) is 0 Å².